The molecule has 0 spiro atoms. The number of benzene rings is 11. The van der Waals surface area contributed by atoms with Crippen molar-refractivity contribution in [3.8, 4) is 39.3 Å². The highest BCUT2D eigenvalue weighted by atomic mass is 127. The van der Waals surface area contributed by atoms with Crippen LogP contribution in [-0.4, -0.2) is 28.4 Å². The van der Waals surface area contributed by atoms with Gasteiger partial charge in [-0.05, 0) is 139 Å². The van der Waals surface area contributed by atoms with Gasteiger partial charge in [0.2, 0.25) is 0 Å². The molecule has 4 nitrogen and oxygen atoms in total. The van der Waals surface area contributed by atoms with Crippen LogP contribution < -0.4 is 0 Å². The molecule has 1 aliphatic rings. The molecule has 0 aliphatic carbocycles. The summed E-state index contributed by atoms with van der Waals surface area (Å²) in [6.45, 7) is 0. The molecule has 0 atom stereocenters. The normalized spacial score (nSPS) is 12.9. The summed E-state index contributed by atoms with van der Waals surface area (Å²) in [5, 5.41) is 12.4. The lowest BCUT2D eigenvalue weighted by atomic mass is 9.99. The number of nitrogens with zero attached hydrogens (tertiary/aromatic N) is 4. The molecule has 328 valence electrons. The molecule has 5 heteroatoms. The molecule has 70 heavy (non-hydrogen) atoms. The van der Waals surface area contributed by atoms with Gasteiger partial charge in [0.25, 0.3) is 0 Å². The number of aliphatic imine (C=N–C) groups is 1. The molecule has 0 amide bonds. The van der Waals surface area contributed by atoms with E-state index in [0.717, 1.165) is 22.7 Å². The molecule has 14 aromatic rings. The summed E-state index contributed by atoms with van der Waals surface area (Å²) >= 11 is -1.60. The molecule has 0 unspecified atom stereocenters. The lowest BCUT2D eigenvalue weighted by Crippen LogP contribution is -1.96. The van der Waals surface area contributed by atoms with Gasteiger partial charge < -0.3 is 13.7 Å². The van der Waals surface area contributed by atoms with Gasteiger partial charge in [-0.25, -0.2) is 0 Å². The number of aromatic nitrogens is 3. The third-order valence-electron chi connectivity index (χ3n) is 14.7. The standard InChI is InChI=1S/C65H41IN4/c1-66-33-34-67-59-40-49(26-30-58(59)66)70-61-18-10-8-16-53(61)55-28-22-45(39-65(55)70)43-24-32-63-57(37-43)56-36-42(23-31-62(56)69(63)48-25-29-51-46(35-48)20-19-41-11-5-6-14-50(41)51)44-21-27-54-52-15-7-9-17-60(52)68(64(54)38-44)47-12-3-2-4-13-47/h2-40H,1H2. The van der Waals surface area contributed by atoms with Crippen molar-refractivity contribution >= 4 is 126 Å². The van der Waals surface area contributed by atoms with Gasteiger partial charge in [0.05, 0.1) is 38.8 Å². The van der Waals surface area contributed by atoms with Gasteiger partial charge in [-0.3, -0.25) is 4.99 Å². The second-order valence-electron chi connectivity index (χ2n) is 18.4. The van der Waals surface area contributed by atoms with Crippen molar-refractivity contribution in [2.45, 2.75) is 0 Å². The first kappa shape index (κ1) is 39.5. The average Bonchev–Trinajstić information content (AvgIpc) is 4.05. The van der Waals surface area contributed by atoms with Gasteiger partial charge in [0, 0.05) is 59.2 Å². The maximum atomic E-state index is 4.81. The minimum absolute atomic E-state index is 1.04. The molecule has 4 heterocycles. The quantitative estimate of drug-likeness (QED) is 0.121. The Hall–Kier alpha value is -8.52. The van der Waals surface area contributed by atoms with Crippen LogP contribution in [0, 0.1) is 3.57 Å². The van der Waals surface area contributed by atoms with Crippen LogP contribution in [0.2, 0.25) is 0 Å². The van der Waals surface area contributed by atoms with Gasteiger partial charge in [0.15, 0.2) is 0 Å². The average molecular weight is 1000 g/mol. The summed E-state index contributed by atoms with van der Waals surface area (Å²) < 4.78 is 15.3. The van der Waals surface area contributed by atoms with Crippen molar-refractivity contribution in [1.82, 2.24) is 13.7 Å². The van der Waals surface area contributed by atoms with E-state index >= 15 is 0 Å². The summed E-state index contributed by atoms with van der Waals surface area (Å²) in [6.07, 6.45) is 1.95. The third kappa shape index (κ3) is 5.91. The topological polar surface area (TPSA) is 27.1 Å². The largest absolute Gasteiger partial charge is 0.309 e. The van der Waals surface area contributed by atoms with Crippen molar-refractivity contribution < 1.29 is 0 Å². The van der Waals surface area contributed by atoms with Gasteiger partial charge in [-0.1, -0.05) is 138 Å². The second kappa shape index (κ2) is 15.2. The Morgan fingerprint density at radius 1 is 0.314 bits per heavy atom. The number of hydrogen-bond donors (Lipinski definition) is 0. The first-order chi connectivity index (χ1) is 34.6. The Bertz CT molecular complexity index is 4670. The maximum absolute atomic E-state index is 4.81. The summed E-state index contributed by atoms with van der Waals surface area (Å²) in [5.74, 6) is 0. The van der Waals surface area contributed by atoms with Crippen LogP contribution in [0.3, 0.4) is 0 Å². The monoisotopic (exact) mass is 1000 g/mol. The van der Waals surface area contributed by atoms with E-state index in [2.05, 4.69) is 247 Å². The van der Waals surface area contributed by atoms with Crippen LogP contribution in [0.15, 0.2) is 229 Å². The molecule has 1 aliphatic heterocycles. The Balaban J connectivity index is 0.943. The summed E-state index contributed by atoms with van der Waals surface area (Å²) in [5.41, 5.74) is 16.3. The Morgan fingerprint density at radius 3 is 1.47 bits per heavy atom. The number of hydrogen-bond acceptors (Lipinski definition) is 1. The van der Waals surface area contributed by atoms with E-state index in [0.29, 0.717) is 0 Å². The fourth-order valence-corrected chi connectivity index (χ4v) is 14.0. The van der Waals surface area contributed by atoms with Crippen LogP contribution in [0.1, 0.15) is 0 Å². The lowest BCUT2D eigenvalue weighted by molar-refractivity contribution is 1.18. The highest BCUT2D eigenvalue weighted by molar-refractivity contribution is 14.2. The Kier molecular flexibility index (Phi) is 8.60. The Labute approximate surface area is 409 Å². The van der Waals surface area contributed by atoms with Crippen molar-refractivity contribution in [2.75, 3.05) is 0 Å². The van der Waals surface area contributed by atoms with E-state index in [9.17, 15) is 0 Å². The number of para-hydroxylation sites is 3. The molecular weight excluding hydrogens is 964 g/mol. The van der Waals surface area contributed by atoms with E-state index < -0.39 is 18.9 Å². The van der Waals surface area contributed by atoms with Crippen molar-refractivity contribution in [2.24, 2.45) is 4.99 Å². The van der Waals surface area contributed by atoms with Crippen molar-refractivity contribution in [3.05, 3.63) is 228 Å². The van der Waals surface area contributed by atoms with Crippen LogP contribution in [0.5, 0.6) is 0 Å². The molecule has 15 rings (SSSR count). The summed E-state index contributed by atoms with van der Waals surface area (Å²) in [4.78, 5) is 4.81. The number of fused-ring (bicyclic) bond motifs is 13. The van der Waals surface area contributed by atoms with Gasteiger partial charge in [-0.2, -0.15) is 0 Å². The van der Waals surface area contributed by atoms with E-state index in [1.165, 1.54) is 113 Å². The van der Waals surface area contributed by atoms with Gasteiger partial charge >= 0.3 is 0 Å². The summed E-state index contributed by atoms with van der Waals surface area (Å²) in [6, 6.07) is 83.2. The minimum atomic E-state index is -1.60. The molecular formula is C65H41IN4. The highest BCUT2D eigenvalue weighted by Crippen LogP contribution is 2.42. The second-order valence-corrected chi connectivity index (χ2v) is 22.6. The van der Waals surface area contributed by atoms with Crippen LogP contribution >= 0.6 is 18.9 Å². The van der Waals surface area contributed by atoms with Gasteiger partial charge in [0.1, 0.15) is 0 Å². The van der Waals surface area contributed by atoms with Crippen LogP contribution in [0.4, 0.5) is 5.69 Å². The molecule has 0 bridgehead atoms. The highest BCUT2D eigenvalue weighted by Gasteiger charge is 2.20. The van der Waals surface area contributed by atoms with E-state index in [4.69, 9.17) is 4.99 Å². The molecule has 11 aromatic carbocycles. The maximum Gasteiger partial charge on any atom is 0.0776 e. The van der Waals surface area contributed by atoms with Gasteiger partial charge in [-0.15, -0.1) is 18.9 Å². The fourth-order valence-electron chi connectivity index (χ4n) is 11.4. The lowest BCUT2D eigenvalue weighted by Gasteiger charge is -2.13. The van der Waals surface area contributed by atoms with Crippen LogP contribution in [0.25, 0.3) is 126 Å². The minimum Gasteiger partial charge on any atom is -0.309 e. The predicted octanol–water partition coefficient (Wildman–Crippen LogP) is 17.2. The first-order valence-electron chi connectivity index (χ1n) is 23.7. The van der Waals surface area contributed by atoms with E-state index in [1.54, 1.807) is 0 Å². The zero-order valence-corrected chi connectivity index (χ0v) is 40.0. The zero-order chi connectivity index (χ0) is 46.0. The van der Waals surface area contributed by atoms with Crippen molar-refractivity contribution in [1.29, 1.82) is 0 Å². The molecule has 0 radical (unpaired) electrons. The van der Waals surface area contributed by atoms with E-state index in [-0.39, 0.29) is 0 Å². The third-order valence-corrected chi connectivity index (χ3v) is 18.2. The summed E-state index contributed by atoms with van der Waals surface area (Å²) in [7, 11) is 0. The molecule has 0 saturated heterocycles. The van der Waals surface area contributed by atoms with Crippen LogP contribution in [-0.2, 0) is 0 Å². The first-order valence-corrected chi connectivity index (χ1v) is 27.6. The van der Waals surface area contributed by atoms with Crippen molar-refractivity contribution in [3.63, 3.8) is 0 Å². The SMILES string of the molecule is C=I1=CC=Nc2cc(-n3c4ccccc4c4ccc(-c5ccc6c(c5)c5cc(-c7ccc8c9ccccc9n(-c9ccccc9)c8c7)ccc5n6-c5ccc6c(ccc7ccccc76)c5)cc43)ccc21. The number of halogens is 1. The molecule has 0 fully saturated rings. The fraction of sp³-hybridized carbons (Fsp3) is 0. The Morgan fingerprint density at radius 2 is 0.786 bits per heavy atom. The zero-order valence-electron chi connectivity index (χ0n) is 37.9. The number of rotatable bonds is 5. The molecule has 3 aromatic heterocycles. The van der Waals surface area contributed by atoms with E-state index in [1.807, 2.05) is 6.21 Å². The molecule has 0 saturated carbocycles. The molecule has 0 N–H and O–H groups in total. The smallest absolute Gasteiger partial charge is 0.0776 e. The predicted molar refractivity (Wildman–Crippen MR) is 309 cm³/mol.